The minimum Gasteiger partial charge on any atom is -0.497 e. The van der Waals surface area contributed by atoms with E-state index in [0.29, 0.717) is 17.1 Å². The van der Waals surface area contributed by atoms with E-state index in [4.69, 9.17) is 13.9 Å². The number of nitrogens with zero attached hydrogens (tertiary/aromatic N) is 1. The summed E-state index contributed by atoms with van der Waals surface area (Å²) in [4.78, 5) is 24.1. The van der Waals surface area contributed by atoms with Gasteiger partial charge in [-0.1, -0.05) is 12.1 Å². The van der Waals surface area contributed by atoms with Gasteiger partial charge < -0.3 is 19.2 Å². The summed E-state index contributed by atoms with van der Waals surface area (Å²) in [7, 11) is 1.54. The summed E-state index contributed by atoms with van der Waals surface area (Å²) in [6.45, 7) is 1.61. The van der Waals surface area contributed by atoms with Crippen molar-refractivity contribution in [1.82, 2.24) is 5.32 Å². The van der Waals surface area contributed by atoms with Crippen LogP contribution in [0.25, 0.3) is 6.08 Å². The van der Waals surface area contributed by atoms with Gasteiger partial charge in [0, 0.05) is 0 Å². The molecule has 1 aromatic carbocycles. The first-order valence-corrected chi connectivity index (χ1v) is 7.80. The van der Waals surface area contributed by atoms with Crippen LogP contribution in [0.15, 0.2) is 52.7 Å². The van der Waals surface area contributed by atoms with Crippen LogP contribution < -0.4 is 10.1 Å². The molecule has 0 radical (unpaired) electrons. The van der Waals surface area contributed by atoms with E-state index in [0.717, 1.165) is 0 Å². The first-order valence-electron chi connectivity index (χ1n) is 7.80. The summed E-state index contributed by atoms with van der Waals surface area (Å²) in [5.41, 5.74) is 0.426. The Bertz CT molecular complexity index is 817. The molecule has 0 aliphatic rings. The molecule has 0 saturated carbocycles. The second kappa shape index (κ2) is 9.08. The van der Waals surface area contributed by atoms with Crippen LogP contribution in [-0.2, 0) is 20.9 Å². The fourth-order valence-corrected chi connectivity index (χ4v) is 2.01. The largest absolute Gasteiger partial charge is 0.497 e. The number of carbonyl (C=O) groups is 2. The standard InChI is InChI=1S/C19H18N2O5/c1-13(18(22)21-12-17-4-3-9-25-17)26-19(23)15(11-20)10-14-5-7-16(24-2)8-6-14/h3-10,13H,12H2,1-2H3,(H,21,22)/b15-10+/t13-/m1/s1. The molecule has 1 aromatic heterocycles. The second-order valence-electron chi connectivity index (χ2n) is 5.29. The Kier molecular flexibility index (Phi) is 6.57. The zero-order valence-corrected chi connectivity index (χ0v) is 14.4. The number of hydrogen-bond acceptors (Lipinski definition) is 6. The third kappa shape index (κ3) is 5.24. The van der Waals surface area contributed by atoms with Crippen molar-refractivity contribution in [1.29, 1.82) is 5.26 Å². The van der Waals surface area contributed by atoms with Crippen LogP contribution in [0.1, 0.15) is 18.2 Å². The predicted molar refractivity (Wildman–Crippen MR) is 92.7 cm³/mol. The van der Waals surface area contributed by atoms with Crippen molar-refractivity contribution >= 4 is 18.0 Å². The van der Waals surface area contributed by atoms with Gasteiger partial charge in [0.2, 0.25) is 0 Å². The van der Waals surface area contributed by atoms with E-state index in [1.165, 1.54) is 19.3 Å². The number of esters is 1. The third-order valence-electron chi connectivity index (χ3n) is 3.44. The second-order valence-corrected chi connectivity index (χ2v) is 5.29. The van der Waals surface area contributed by atoms with Crippen molar-refractivity contribution in [3.63, 3.8) is 0 Å². The lowest BCUT2D eigenvalue weighted by atomic mass is 10.1. The van der Waals surface area contributed by atoms with Gasteiger partial charge in [-0.25, -0.2) is 4.79 Å². The SMILES string of the molecule is COc1ccc(/C=C(\C#N)C(=O)O[C@H](C)C(=O)NCc2ccco2)cc1. The van der Waals surface area contributed by atoms with Crippen LogP contribution in [0.4, 0.5) is 0 Å². The summed E-state index contributed by atoms with van der Waals surface area (Å²) in [6, 6.07) is 12.0. The van der Waals surface area contributed by atoms with E-state index in [-0.39, 0.29) is 12.1 Å². The topological polar surface area (TPSA) is 102 Å². The van der Waals surface area contributed by atoms with Crippen LogP contribution in [0, 0.1) is 11.3 Å². The van der Waals surface area contributed by atoms with Crippen molar-refractivity contribution < 1.29 is 23.5 Å². The van der Waals surface area contributed by atoms with Crippen LogP contribution in [-0.4, -0.2) is 25.1 Å². The zero-order valence-electron chi connectivity index (χ0n) is 14.4. The van der Waals surface area contributed by atoms with E-state index >= 15 is 0 Å². The molecule has 26 heavy (non-hydrogen) atoms. The number of methoxy groups -OCH3 is 1. The number of amides is 1. The van der Waals surface area contributed by atoms with E-state index in [2.05, 4.69) is 5.32 Å². The highest BCUT2D eigenvalue weighted by molar-refractivity contribution is 5.99. The Hall–Kier alpha value is -3.53. The normalized spacial score (nSPS) is 12.0. The highest BCUT2D eigenvalue weighted by Crippen LogP contribution is 2.14. The molecule has 1 heterocycles. The Balaban J connectivity index is 1.95. The molecule has 0 unspecified atom stereocenters. The quantitative estimate of drug-likeness (QED) is 0.465. The monoisotopic (exact) mass is 354 g/mol. The summed E-state index contributed by atoms with van der Waals surface area (Å²) in [5.74, 6) is -0.125. The first-order chi connectivity index (χ1) is 12.5. The molecule has 7 heteroatoms. The number of benzene rings is 1. The fourth-order valence-electron chi connectivity index (χ4n) is 2.01. The van der Waals surface area contributed by atoms with Crippen molar-refractivity contribution in [2.24, 2.45) is 0 Å². The smallest absolute Gasteiger partial charge is 0.349 e. The lowest BCUT2D eigenvalue weighted by molar-refractivity contribution is -0.150. The minimum absolute atomic E-state index is 0.181. The number of furan rings is 1. The molecule has 2 aromatic rings. The summed E-state index contributed by atoms with van der Waals surface area (Å²) >= 11 is 0. The molecule has 1 amide bonds. The number of hydrogen-bond donors (Lipinski definition) is 1. The van der Waals surface area contributed by atoms with Gasteiger partial charge in [-0.05, 0) is 42.8 Å². The zero-order chi connectivity index (χ0) is 18.9. The maximum atomic E-state index is 12.1. The number of rotatable bonds is 7. The van der Waals surface area contributed by atoms with Gasteiger partial charge in [0.25, 0.3) is 5.91 Å². The number of nitriles is 1. The van der Waals surface area contributed by atoms with Crippen LogP contribution in [0.2, 0.25) is 0 Å². The van der Waals surface area contributed by atoms with Crippen molar-refractivity contribution in [3.05, 3.63) is 59.6 Å². The number of ether oxygens (including phenoxy) is 2. The summed E-state index contributed by atoms with van der Waals surface area (Å²) in [5, 5.41) is 11.8. The molecule has 0 spiro atoms. The number of carbonyl (C=O) groups excluding carboxylic acids is 2. The van der Waals surface area contributed by atoms with Crippen molar-refractivity contribution in [3.8, 4) is 11.8 Å². The van der Waals surface area contributed by atoms with Crippen molar-refractivity contribution in [2.75, 3.05) is 7.11 Å². The van der Waals surface area contributed by atoms with Gasteiger partial charge in [-0.2, -0.15) is 5.26 Å². The molecule has 0 bridgehead atoms. The Morgan fingerprint density at radius 1 is 1.31 bits per heavy atom. The van der Waals surface area contributed by atoms with E-state index in [9.17, 15) is 14.9 Å². The van der Waals surface area contributed by atoms with Gasteiger partial charge in [-0.3, -0.25) is 4.79 Å². The van der Waals surface area contributed by atoms with Gasteiger partial charge in [-0.15, -0.1) is 0 Å². The van der Waals surface area contributed by atoms with Gasteiger partial charge in [0.05, 0.1) is 19.9 Å². The minimum atomic E-state index is -1.05. The summed E-state index contributed by atoms with van der Waals surface area (Å²) < 4.78 is 15.2. The highest BCUT2D eigenvalue weighted by atomic mass is 16.5. The molecule has 1 atom stereocenters. The number of nitrogens with one attached hydrogen (secondary N) is 1. The van der Waals surface area contributed by atoms with Crippen LogP contribution in [0.3, 0.4) is 0 Å². The molecule has 0 saturated heterocycles. The summed E-state index contributed by atoms with van der Waals surface area (Å²) in [6.07, 6.45) is 1.83. The predicted octanol–water partition coefficient (Wildman–Crippen LogP) is 2.44. The first kappa shape index (κ1) is 18.8. The van der Waals surface area contributed by atoms with Crippen LogP contribution in [0.5, 0.6) is 5.75 Å². The molecule has 0 fully saturated rings. The fraction of sp³-hybridized carbons (Fsp3) is 0.211. The van der Waals surface area contributed by atoms with Gasteiger partial charge >= 0.3 is 5.97 Å². The molecule has 0 aliphatic heterocycles. The maximum absolute atomic E-state index is 12.1. The van der Waals surface area contributed by atoms with Gasteiger partial charge in [0.1, 0.15) is 23.2 Å². The van der Waals surface area contributed by atoms with E-state index in [1.54, 1.807) is 49.6 Å². The van der Waals surface area contributed by atoms with Crippen LogP contribution >= 0.6 is 0 Å². The maximum Gasteiger partial charge on any atom is 0.349 e. The van der Waals surface area contributed by atoms with Crippen molar-refractivity contribution in [2.45, 2.75) is 19.6 Å². The Morgan fingerprint density at radius 3 is 2.62 bits per heavy atom. The lowest BCUT2D eigenvalue weighted by Crippen LogP contribution is -2.35. The molecule has 0 aliphatic carbocycles. The Morgan fingerprint density at radius 2 is 2.04 bits per heavy atom. The van der Waals surface area contributed by atoms with Gasteiger partial charge in [0.15, 0.2) is 6.10 Å². The lowest BCUT2D eigenvalue weighted by Gasteiger charge is -2.12. The van der Waals surface area contributed by atoms with E-state index < -0.39 is 18.0 Å². The molecule has 7 nitrogen and oxygen atoms in total. The molecule has 2 rings (SSSR count). The Labute approximate surface area is 150 Å². The molecular formula is C19H18N2O5. The molecule has 134 valence electrons. The average Bonchev–Trinajstić information content (AvgIpc) is 3.18. The van der Waals surface area contributed by atoms with E-state index in [1.807, 2.05) is 0 Å². The third-order valence-corrected chi connectivity index (χ3v) is 3.44. The average molecular weight is 354 g/mol. The molecular weight excluding hydrogens is 336 g/mol. The molecule has 1 N–H and O–H groups in total. The highest BCUT2D eigenvalue weighted by Gasteiger charge is 2.20.